The van der Waals surface area contributed by atoms with E-state index < -0.39 is 10.0 Å². The predicted octanol–water partition coefficient (Wildman–Crippen LogP) is 4.10. The normalized spacial score (nSPS) is 11.4. The maximum absolute atomic E-state index is 12.7. The van der Waals surface area contributed by atoms with Crippen LogP contribution < -0.4 is 10.0 Å². The molecule has 152 valence electrons. The molecule has 2 heterocycles. The SMILES string of the molecule is O=CNc1ccc(-n2ccc3cc(NS(=O)(=O)c4cc(Cl)cc(Cl)c4)ccc32)nn1. The van der Waals surface area contributed by atoms with Gasteiger partial charge in [-0.05, 0) is 54.6 Å². The van der Waals surface area contributed by atoms with Gasteiger partial charge in [0.1, 0.15) is 0 Å². The topological polar surface area (TPSA) is 106 Å². The van der Waals surface area contributed by atoms with Crippen LogP contribution in [-0.2, 0) is 14.8 Å². The Morgan fingerprint density at radius 1 is 0.933 bits per heavy atom. The van der Waals surface area contributed by atoms with Crippen LogP contribution in [0.4, 0.5) is 11.5 Å². The first kappa shape index (κ1) is 20.1. The summed E-state index contributed by atoms with van der Waals surface area (Å²) in [5.41, 5.74) is 1.18. The number of carbonyl (C=O) groups is 1. The van der Waals surface area contributed by atoms with E-state index in [9.17, 15) is 13.2 Å². The lowest BCUT2D eigenvalue weighted by molar-refractivity contribution is -0.105. The summed E-state index contributed by atoms with van der Waals surface area (Å²) in [6, 6.07) is 14.4. The number of carbonyl (C=O) groups excluding carboxylic acids is 1. The first-order valence-electron chi connectivity index (χ1n) is 8.50. The monoisotopic (exact) mass is 461 g/mol. The highest BCUT2D eigenvalue weighted by molar-refractivity contribution is 7.92. The van der Waals surface area contributed by atoms with Crippen molar-refractivity contribution in [2.24, 2.45) is 0 Å². The van der Waals surface area contributed by atoms with Crippen molar-refractivity contribution in [1.29, 1.82) is 0 Å². The summed E-state index contributed by atoms with van der Waals surface area (Å²) < 4.78 is 29.7. The van der Waals surface area contributed by atoms with Crippen molar-refractivity contribution in [3.8, 4) is 5.82 Å². The summed E-state index contributed by atoms with van der Waals surface area (Å²) in [4.78, 5) is 10.4. The zero-order chi connectivity index (χ0) is 21.3. The minimum absolute atomic E-state index is 0.0306. The molecule has 0 spiro atoms. The number of sulfonamides is 1. The number of nitrogens with one attached hydrogen (secondary N) is 2. The molecule has 11 heteroatoms. The molecule has 0 aliphatic rings. The van der Waals surface area contributed by atoms with Gasteiger partial charge in [0.05, 0.1) is 10.4 Å². The number of amides is 1. The van der Waals surface area contributed by atoms with Crippen molar-refractivity contribution in [2.45, 2.75) is 4.90 Å². The first-order valence-corrected chi connectivity index (χ1v) is 10.7. The van der Waals surface area contributed by atoms with Gasteiger partial charge >= 0.3 is 0 Å². The summed E-state index contributed by atoms with van der Waals surface area (Å²) in [5.74, 6) is 0.881. The van der Waals surface area contributed by atoms with Gasteiger partial charge in [-0.25, -0.2) is 8.42 Å². The van der Waals surface area contributed by atoms with E-state index in [1.807, 2.05) is 6.07 Å². The van der Waals surface area contributed by atoms with Crippen LogP contribution in [0.15, 0.2) is 65.7 Å². The van der Waals surface area contributed by atoms with Crippen LogP contribution in [0.1, 0.15) is 0 Å². The molecule has 4 rings (SSSR count). The highest BCUT2D eigenvalue weighted by Gasteiger charge is 2.16. The molecule has 2 aromatic heterocycles. The fourth-order valence-electron chi connectivity index (χ4n) is 2.89. The van der Waals surface area contributed by atoms with E-state index in [1.54, 1.807) is 41.1 Å². The van der Waals surface area contributed by atoms with Crippen molar-refractivity contribution in [2.75, 3.05) is 10.0 Å². The van der Waals surface area contributed by atoms with Crippen LogP contribution in [0.25, 0.3) is 16.7 Å². The molecular formula is C19H13Cl2N5O3S. The van der Waals surface area contributed by atoms with E-state index >= 15 is 0 Å². The van der Waals surface area contributed by atoms with E-state index in [0.29, 0.717) is 23.7 Å². The molecule has 0 fully saturated rings. The van der Waals surface area contributed by atoms with E-state index in [4.69, 9.17) is 23.2 Å². The fourth-order valence-corrected chi connectivity index (χ4v) is 4.67. The highest BCUT2D eigenvalue weighted by atomic mass is 35.5. The number of halogens is 2. The lowest BCUT2D eigenvalue weighted by Gasteiger charge is -2.10. The van der Waals surface area contributed by atoms with Crippen LogP contribution >= 0.6 is 23.2 Å². The highest BCUT2D eigenvalue weighted by Crippen LogP contribution is 2.27. The lowest BCUT2D eigenvalue weighted by Crippen LogP contribution is -2.13. The fraction of sp³-hybridized carbons (Fsp3) is 0. The minimum atomic E-state index is -3.87. The number of aromatic nitrogens is 3. The zero-order valence-corrected chi connectivity index (χ0v) is 17.4. The Kier molecular flexibility index (Phi) is 5.33. The summed E-state index contributed by atoms with van der Waals surface area (Å²) in [5, 5.41) is 11.7. The number of benzene rings is 2. The molecule has 2 aromatic carbocycles. The Labute approximate surface area is 181 Å². The average molecular weight is 462 g/mol. The summed E-state index contributed by atoms with van der Waals surface area (Å²) in [7, 11) is -3.87. The number of hydrogen-bond acceptors (Lipinski definition) is 5. The third kappa shape index (κ3) is 4.09. The van der Waals surface area contributed by atoms with Gasteiger partial charge in [-0.3, -0.25) is 14.1 Å². The first-order chi connectivity index (χ1) is 14.4. The summed E-state index contributed by atoms with van der Waals surface area (Å²) in [6.07, 6.45) is 2.31. The smallest absolute Gasteiger partial charge is 0.261 e. The number of fused-ring (bicyclic) bond motifs is 1. The lowest BCUT2D eigenvalue weighted by atomic mass is 10.2. The number of nitrogens with zero attached hydrogens (tertiary/aromatic N) is 3. The zero-order valence-electron chi connectivity index (χ0n) is 15.1. The molecule has 0 bridgehead atoms. The van der Waals surface area contributed by atoms with Gasteiger partial charge in [-0.2, -0.15) is 0 Å². The Balaban J connectivity index is 1.64. The molecule has 0 radical (unpaired) electrons. The maximum atomic E-state index is 12.7. The van der Waals surface area contributed by atoms with Crippen molar-refractivity contribution in [3.63, 3.8) is 0 Å². The molecule has 4 aromatic rings. The molecule has 1 amide bonds. The van der Waals surface area contributed by atoms with Crippen LogP contribution in [0.3, 0.4) is 0 Å². The standard InChI is InChI=1S/C19H13Cl2N5O3S/c20-13-8-14(21)10-16(9-13)30(28,29)25-15-1-2-17-12(7-15)5-6-26(17)19-4-3-18(22-11-27)23-24-19/h1-11,25H,(H,22,23,27). The molecule has 30 heavy (non-hydrogen) atoms. The Bertz CT molecular complexity index is 1330. The van der Waals surface area contributed by atoms with E-state index in [-0.39, 0.29) is 14.9 Å². The maximum Gasteiger partial charge on any atom is 0.261 e. The van der Waals surface area contributed by atoms with Crippen LogP contribution in [0, 0.1) is 0 Å². The molecule has 0 aliphatic heterocycles. The van der Waals surface area contributed by atoms with Crippen molar-refractivity contribution in [1.82, 2.24) is 14.8 Å². The molecule has 0 aliphatic carbocycles. The Morgan fingerprint density at radius 2 is 1.70 bits per heavy atom. The molecule has 0 unspecified atom stereocenters. The number of anilines is 2. The second-order valence-electron chi connectivity index (χ2n) is 6.21. The van der Waals surface area contributed by atoms with Gasteiger partial charge in [0.15, 0.2) is 11.6 Å². The third-order valence-corrected chi connectivity index (χ3v) is 5.99. The minimum Gasteiger partial charge on any atom is -0.312 e. The van der Waals surface area contributed by atoms with Crippen molar-refractivity contribution in [3.05, 3.63) is 70.8 Å². The van der Waals surface area contributed by atoms with Crippen LogP contribution in [0.2, 0.25) is 10.0 Å². The quantitative estimate of drug-likeness (QED) is 0.420. The van der Waals surface area contributed by atoms with Crippen LogP contribution in [0.5, 0.6) is 0 Å². The third-order valence-electron chi connectivity index (χ3n) is 4.19. The second-order valence-corrected chi connectivity index (χ2v) is 8.76. The van der Waals surface area contributed by atoms with E-state index in [0.717, 1.165) is 10.9 Å². The van der Waals surface area contributed by atoms with E-state index in [1.165, 1.54) is 18.2 Å². The summed E-state index contributed by atoms with van der Waals surface area (Å²) >= 11 is 11.8. The number of rotatable bonds is 6. The van der Waals surface area contributed by atoms with Crippen molar-refractivity contribution < 1.29 is 13.2 Å². The molecule has 0 saturated heterocycles. The average Bonchev–Trinajstić information content (AvgIpc) is 3.11. The van der Waals surface area contributed by atoms with Gasteiger partial charge in [-0.15, -0.1) is 10.2 Å². The van der Waals surface area contributed by atoms with Gasteiger partial charge in [-0.1, -0.05) is 23.2 Å². The van der Waals surface area contributed by atoms with Gasteiger partial charge in [0.2, 0.25) is 6.41 Å². The van der Waals surface area contributed by atoms with Crippen molar-refractivity contribution >= 4 is 62.0 Å². The molecule has 2 N–H and O–H groups in total. The molecule has 0 atom stereocenters. The number of hydrogen-bond donors (Lipinski definition) is 2. The largest absolute Gasteiger partial charge is 0.312 e. The second kappa shape index (κ2) is 7.94. The summed E-state index contributed by atoms with van der Waals surface area (Å²) in [6.45, 7) is 0. The van der Waals surface area contributed by atoms with Gasteiger partial charge < -0.3 is 5.32 Å². The van der Waals surface area contributed by atoms with Crippen LogP contribution in [-0.4, -0.2) is 29.6 Å². The van der Waals surface area contributed by atoms with Gasteiger partial charge in [0.25, 0.3) is 10.0 Å². The van der Waals surface area contributed by atoms with E-state index in [2.05, 4.69) is 20.2 Å². The molecule has 8 nitrogen and oxygen atoms in total. The Hall–Kier alpha value is -3.14. The molecular weight excluding hydrogens is 449 g/mol. The Morgan fingerprint density at radius 3 is 2.37 bits per heavy atom. The molecule has 0 saturated carbocycles. The predicted molar refractivity (Wildman–Crippen MR) is 116 cm³/mol. The van der Waals surface area contributed by atoms with Gasteiger partial charge in [0, 0.05) is 27.3 Å².